The van der Waals surface area contributed by atoms with E-state index < -0.39 is 36.2 Å². The molecule has 0 spiro atoms. The highest BCUT2D eigenvalue weighted by molar-refractivity contribution is 5.74. The quantitative estimate of drug-likeness (QED) is 0.338. The fourth-order valence-corrected chi connectivity index (χ4v) is 0.767. The summed E-state index contributed by atoms with van der Waals surface area (Å²) in [6.07, 6.45) is -1.94. The summed E-state index contributed by atoms with van der Waals surface area (Å²) in [4.78, 5) is 20.0. The first kappa shape index (κ1) is 19.1. The standard InChI is InChI=1S/C6H13NO3.C4H9NO3/c1-3(2)5(8)4(7)6(9)10;1-2(6)3(5)4(7)8/h3-5,8H,7H2,1-2H3,(H,9,10);2-3,6H,5H2,1H3,(H,7,8)/t4-,5+;2-,3-/m00/s1. The van der Waals surface area contributed by atoms with Gasteiger partial charge in [-0.3, -0.25) is 9.59 Å². The van der Waals surface area contributed by atoms with E-state index in [-0.39, 0.29) is 5.92 Å². The number of carbonyl (C=O) groups is 2. The molecule has 108 valence electrons. The lowest BCUT2D eigenvalue weighted by molar-refractivity contribution is -0.142. The van der Waals surface area contributed by atoms with E-state index >= 15 is 0 Å². The highest BCUT2D eigenvalue weighted by atomic mass is 16.4. The van der Waals surface area contributed by atoms with Gasteiger partial charge >= 0.3 is 11.9 Å². The summed E-state index contributed by atoms with van der Waals surface area (Å²) in [6, 6.07) is -2.32. The Bertz CT molecular complexity index is 269. The molecule has 0 rings (SSSR count). The van der Waals surface area contributed by atoms with Gasteiger partial charge in [-0.15, -0.1) is 0 Å². The first-order valence-electron chi connectivity index (χ1n) is 5.35. The first-order chi connectivity index (χ1) is 8.02. The summed E-state index contributed by atoms with van der Waals surface area (Å²) in [7, 11) is 0. The summed E-state index contributed by atoms with van der Waals surface area (Å²) >= 11 is 0. The molecular weight excluding hydrogens is 244 g/mol. The number of aliphatic carboxylic acids is 2. The van der Waals surface area contributed by atoms with Crippen LogP contribution in [-0.4, -0.2) is 56.7 Å². The van der Waals surface area contributed by atoms with Crippen molar-refractivity contribution in [2.45, 2.75) is 45.1 Å². The Morgan fingerprint density at radius 2 is 1.22 bits per heavy atom. The maximum absolute atomic E-state index is 10.2. The van der Waals surface area contributed by atoms with Crippen LogP contribution in [0.2, 0.25) is 0 Å². The summed E-state index contributed by atoms with van der Waals surface area (Å²) in [5, 5.41) is 33.9. The van der Waals surface area contributed by atoms with Crippen LogP contribution in [0.5, 0.6) is 0 Å². The fraction of sp³-hybridized carbons (Fsp3) is 0.800. The molecule has 0 heterocycles. The van der Waals surface area contributed by atoms with E-state index in [1.54, 1.807) is 13.8 Å². The zero-order chi connectivity index (χ0) is 15.0. The fourth-order valence-electron chi connectivity index (χ4n) is 0.767. The van der Waals surface area contributed by atoms with Gasteiger partial charge in [0.1, 0.15) is 12.1 Å². The van der Waals surface area contributed by atoms with E-state index in [4.69, 9.17) is 31.9 Å². The average Bonchev–Trinajstić information content (AvgIpc) is 2.26. The van der Waals surface area contributed by atoms with Crippen molar-refractivity contribution in [2.75, 3.05) is 0 Å². The Morgan fingerprint density at radius 3 is 1.28 bits per heavy atom. The van der Waals surface area contributed by atoms with Crippen molar-refractivity contribution in [1.82, 2.24) is 0 Å². The van der Waals surface area contributed by atoms with Crippen LogP contribution in [0.25, 0.3) is 0 Å². The maximum Gasteiger partial charge on any atom is 0.323 e. The zero-order valence-corrected chi connectivity index (χ0v) is 10.6. The van der Waals surface area contributed by atoms with Crippen LogP contribution in [0.15, 0.2) is 0 Å². The average molecular weight is 266 g/mol. The van der Waals surface area contributed by atoms with E-state index in [0.29, 0.717) is 0 Å². The molecule has 0 saturated heterocycles. The number of hydrogen-bond acceptors (Lipinski definition) is 6. The van der Waals surface area contributed by atoms with Crippen molar-refractivity contribution in [3.8, 4) is 0 Å². The van der Waals surface area contributed by atoms with Crippen LogP contribution in [0, 0.1) is 5.92 Å². The highest BCUT2D eigenvalue weighted by Crippen LogP contribution is 2.03. The lowest BCUT2D eigenvalue weighted by atomic mass is 10.0. The molecule has 0 aromatic carbocycles. The van der Waals surface area contributed by atoms with Crippen molar-refractivity contribution in [1.29, 1.82) is 0 Å². The van der Waals surface area contributed by atoms with E-state index in [2.05, 4.69) is 0 Å². The van der Waals surface area contributed by atoms with Crippen molar-refractivity contribution in [3.63, 3.8) is 0 Å². The summed E-state index contributed by atoms with van der Waals surface area (Å²) in [5.41, 5.74) is 10.0. The molecule has 0 amide bonds. The van der Waals surface area contributed by atoms with Gasteiger partial charge in [0.2, 0.25) is 0 Å². The molecule has 0 aliphatic rings. The molecule has 0 aliphatic carbocycles. The number of nitrogens with two attached hydrogens (primary N) is 2. The molecule has 0 radical (unpaired) electrons. The monoisotopic (exact) mass is 266 g/mol. The van der Waals surface area contributed by atoms with Crippen LogP contribution < -0.4 is 11.5 Å². The first-order valence-corrected chi connectivity index (χ1v) is 5.35. The van der Waals surface area contributed by atoms with E-state index in [1.165, 1.54) is 6.92 Å². The highest BCUT2D eigenvalue weighted by Gasteiger charge is 2.24. The molecule has 0 bridgehead atoms. The molecule has 0 aromatic heterocycles. The van der Waals surface area contributed by atoms with Crippen LogP contribution in [0.4, 0.5) is 0 Å². The third-order valence-corrected chi connectivity index (χ3v) is 2.14. The zero-order valence-electron chi connectivity index (χ0n) is 10.6. The minimum atomic E-state index is -1.18. The van der Waals surface area contributed by atoms with Gasteiger partial charge in [-0.25, -0.2) is 0 Å². The number of carboxylic acids is 2. The molecular formula is C10H22N2O6. The van der Waals surface area contributed by atoms with Crippen molar-refractivity contribution < 1.29 is 30.0 Å². The van der Waals surface area contributed by atoms with Gasteiger partial charge in [0.25, 0.3) is 0 Å². The van der Waals surface area contributed by atoms with Gasteiger partial charge in [-0.05, 0) is 12.8 Å². The van der Waals surface area contributed by atoms with Crippen LogP contribution in [0.1, 0.15) is 20.8 Å². The number of aliphatic hydroxyl groups is 2. The molecule has 0 aliphatic heterocycles. The van der Waals surface area contributed by atoms with Crippen molar-refractivity contribution >= 4 is 11.9 Å². The summed E-state index contributed by atoms with van der Waals surface area (Å²) < 4.78 is 0. The number of aliphatic hydroxyl groups excluding tert-OH is 2. The molecule has 4 atom stereocenters. The van der Waals surface area contributed by atoms with Gasteiger partial charge < -0.3 is 31.9 Å². The Balaban J connectivity index is 0. The van der Waals surface area contributed by atoms with E-state index in [9.17, 15) is 9.59 Å². The Hall–Kier alpha value is -1.22. The second kappa shape index (κ2) is 8.81. The van der Waals surface area contributed by atoms with Gasteiger partial charge in [0.05, 0.1) is 12.2 Å². The normalized spacial score (nSPS) is 17.1. The van der Waals surface area contributed by atoms with E-state index in [1.807, 2.05) is 0 Å². The SMILES string of the molecule is CC(C)[C@@H](O)[C@H](N)C(=O)O.C[C@H](O)[C@H](N)C(=O)O. The Kier molecular flexibility index (Phi) is 9.36. The summed E-state index contributed by atoms with van der Waals surface area (Å²) in [6.45, 7) is 4.76. The lowest BCUT2D eigenvalue weighted by Gasteiger charge is -2.17. The Labute approximate surface area is 105 Å². The van der Waals surface area contributed by atoms with E-state index in [0.717, 1.165) is 0 Å². The van der Waals surface area contributed by atoms with Gasteiger partial charge in [-0.1, -0.05) is 13.8 Å². The second-order valence-corrected chi connectivity index (χ2v) is 4.20. The largest absolute Gasteiger partial charge is 0.480 e. The Morgan fingerprint density at radius 1 is 0.889 bits per heavy atom. The molecule has 8 N–H and O–H groups in total. The molecule has 0 unspecified atom stereocenters. The molecule has 8 nitrogen and oxygen atoms in total. The van der Waals surface area contributed by atoms with Gasteiger partial charge in [0, 0.05) is 0 Å². The van der Waals surface area contributed by atoms with Crippen molar-refractivity contribution in [2.24, 2.45) is 17.4 Å². The van der Waals surface area contributed by atoms with Gasteiger partial charge in [0.15, 0.2) is 0 Å². The molecule has 0 saturated carbocycles. The number of carboxylic acid groups (broad SMARTS) is 2. The molecule has 18 heavy (non-hydrogen) atoms. The molecule has 0 aromatic rings. The topological polar surface area (TPSA) is 167 Å². The van der Waals surface area contributed by atoms with Crippen LogP contribution >= 0.6 is 0 Å². The molecule has 0 fully saturated rings. The van der Waals surface area contributed by atoms with Crippen LogP contribution in [-0.2, 0) is 9.59 Å². The van der Waals surface area contributed by atoms with Crippen LogP contribution in [0.3, 0.4) is 0 Å². The minimum absolute atomic E-state index is 0.119. The lowest BCUT2D eigenvalue weighted by Crippen LogP contribution is -2.44. The van der Waals surface area contributed by atoms with Gasteiger partial charge in [-0.2, -0.15) is 0 Å². The minimum Gasteiger partial charge on any atom is -0.480 e. The number of hydrogen-bond donors (Lipinski definition) is 6. The smallest absolute Gasteiger partial charge is 0.323 e. The number of rotatable bonds is 5. The third kappa shape index (κ3) is 7.96. The maximum atomic E-state index is 10.2. The third-order valence-electron chi connectivity index (χ3n) is 2.14. The second-order valence-electron chi connectivity index (χ2n) is 4.20. The molecule has 8 heteroatoms. The predicted octanol–water partition coefficient (Wildman–Crippen LogP) is -1.81. The van der Waals surface area contributed by atoms with Crippen molar-refractivity contribution in [3.05, 3.63) is 0 Å². The summed E-state index contributed by atoms with van der Waals surface area (Å²) in [5.74, 6) is -2.47. The predicted molar refractivity (Wildman–Crippen MR) is 63.7 cm³/mol.